The van der Waals surface area contributed by atoms with Crippen LogP contribution in [0.3, 0.4) is 0 Å². The van der Waals surface area contributed by atoms with Gasteiger partial charge in [0.25, 0.3) is 5.91 Å². The number of nitrogens with zero attached hydrogens (tertiary/aromatic N) is 3. The highest BCUT2D eigenvalue weighted by molar-refractivity contribution is 5.95. The summed E-state index contributed by atoms with van der Waals surface area (Å²) in [5.41, 5.74) is 4.85. The van der Waals surface area contributed by atoms with Gasteiger partial charge in [0.15, 0.2) is 11.5 Å². The Labute approximate surface area is 174 Å². The Balaban J connectivity index is 1.54. The minimum absolute atomic E-state index is 0.102. The maximum atomic E-state index is 13.0. The summed E-state index contributed by atoms with van der Waals surface area (Å²) in [5.74, 6) is -0.400. The van der Waals surface area contributed by atoms with Crippen LogP contribution in [0, 0.1) is 15.9 Å². The Bertz CT molecular complexity index is 1140. The van der Waals surface area contributed by atoms with Crippen LogP contribution in [0.2, 0.25) is 0 Å². The summed E-state index contributed by atoms with van der Waals surface area (Å²) in [6.45, 7) is 0.835. The average Bonchev–Trinajstić information content (AvgIpc) is 2.77. The number of ether oxygens (including phenoxy) is 2. The molecule has 0 atom stereocenters. The summed E-state index contributed by atoms with van der Waals surface area (Å²) < 4.78 is 24.0. The number of rotatable bonds is 6. The number of amides is 1. The summed E-state index contributed by atoms with van der Waals surface area (Å²) in [5, 5.41) is 14.5. The molecule has 2 aromatic carbocycles. The van der Waals surface area contributed by atoms with Crippen molar-refractivity contribution in [2.75, 3.05) is 24.0 Å². The zero-order valence-electron chi connectivity index (χ0n) is 15.8. The molecule has 0 bridgehead atoms. The number of hydrogen-bond acceptors (Lipinski definition) is 9. The first-order valence-corrected chi connectivity index (χ1v) is 8.99. The molecule has 3 aromatic rings. The molecular formula is C19H15FN6O5. The Morgan fingerprint density at radius 1 is 1.03 bits per heavy atom. The van der Waals surface area contributed by atoms with Crippen molar-refractivity contribution < 1.29 is 23.6 Å². The number of carbonyl (C=O) groups excluding carboxylic acids is 1. The molecule has 0 saturated carbocycles. The summed E-state index contributed by atoms with van der Waals surface area (Å²) in [6, 6.07) is 9.75. The molecule has 1 aliphatic rings. The predicted octanol–water partition coefficient (Wildman–Crippen LogP) is 2.80. The minimum atomic E-state index is -0.688. The minimum Gasteiger partial charge on any atom is -0.486 e. The highest BCUT2D eigenvalue weighted by Crippen LogP contribution is 2.36. The topological polar surface area (TPSA) is 141 Å². The number of nitrogens with one attached hydrogen (secondary N) is 3. The Kier molecular flexibility index (Phi) is 5.43. The second-order valence-electron chi connectivity index (χ2n) is 6.25. The number of carbonyl (C=O) groups is 1. The average molecular weight is 426 g/mol. The van der Waals surface area contributed by atoms with Gasteiger partial charge in [-0.2, -0.15) is 0 Å². The van der Waals surface area contributed by atoms with Crippen LogP contribution in [-0.2, 0) is 0 Å². The quantitative estimate of drug-likeness (QED) is 0.401. The molecule has 1 aromatic heterocycles. The predicted molar refractivity (Wildman–Crippen MR) is 107 cm³/mol. The normalized spacial score (nSPS) is 12.0. The third-order valence-corrected chi connectivity index (χ3v) is 4.21. The smallest absolute Gasteiger partial charge is 0.355 e. The van der Waals surface area contributed by atoms with E-state index >= 15 is 0 Å². The zero-order valence-corrected chi connectivity index (χ0v) is 15.8. The lowest BCUT2D eigenvalue weighted by molar-refractivity contribution is -0.383. The second kappa shape index (κ2) is 8.49. The third-order valence-electron chi connectivity index (χ3n) is 4.21. The second-order valence-corrected chi connectivity index (χ2v) is 6.25. The van der Waals surface area contributed by atoms with E-state index in [-0.39, 0.29) is 17.2 Å². The van der Waals surface area contributed by atoms with Gasteiger partial charge in [-0.15, -0.1) is 0 Å². The number of nitro groups is 1. The fourth-order valence-electron chi connectivity index (χ4n) is 2.78. The van der Waals surface area contributed by atoms with Crippen molar-refractivity contribution in [1.29, 1.82) is 0 Å². The van der Waals surface area contributed by atoms with Gasteiger partial charge in [-0.3, -0.25) is 25.8 Å². The number of hydrogen-bond donors (Lipinski definition) is 3. The van der Waals surface area contributed by atoms with Gasteiger partial charge in [0.1, 0.15) is 25.4 Å². The number of halogens is 1. The Hall–Kier alpha value is -4.48. The molecule has 12 heteroatoms. The molecule has 2 heterocycles. The standard InChI is InChI=1S/C19H15FN6O5/c20-12-3-1-11(2-4-12)19(27)25-24-18-16(26(28)29)17(21-10-22-18)23-13-5-6-14-15(9-13)31-8-7-30-14/h1-6,9-10H,7-8H2,(H,25,27)(H2,21,22,23,24). The van der Waals surface area contributed by atoms with E-state index < -0.39 is 22.3 Å². The molecule has 3 N–H and O–H groups in total. The molecule has 0 saturated heterocycles. The SMILES string of the molecule is O=C(NNc1ncnc(Nc2ccc3c(c2)OCCO3)c1[N+](=O)[O-])c1ccc(F)cc1. The molecule has 0 spiro atoms. The summed E-state index contributed by atoms with van der Waals surface area (Å²) in [7, 11) is 0. The van der Waals surface area contributed by atoms with Gasteiger partial charge in [-0.25, -0.2) is 14.4 Å². The molecule has 0 radical (unpaired) electrons. The highest BCUT2D eigenvalue weighted by atomic mass is 19.1. The van der Waals surface area contributed by atoms with Crippen LogP contribution in [0.4, 0.5) is 27.4 Å². The lowest BCUT2D eigenvalue weighted by Crippen LogP contribution is -2.30. The lowest BCUT2D eigenvalue weighted by atomic mass is 10.2. The maximum absolute atomic E-state index is 13.0. The van der Waals surface area contributed by atoms with E-state index in [2.05, 4.69) is 26.1 Å². The van der Waals surface area contributed by atoms with Gasteiger partial charge < -0.3 is 14.8 Å². The van der Waals surface area contributed by atoms with E-state index in [0.29, 0.717) is 30.4 Å². The number of anilines is 3. The lowest BCUT2D eigenvalue weighted by Gasteiger charge is -2.19. The number of benzene rings is 2. The first-order valence-electron chi connectivity index (χ1n) is 8.99. The summed E-state index contributed by atoms with van der Waals surface area (Å²) in [4.78, 5) is 30.9. The summed E-state index contributed by atoms with van der Waals surface area (Å²) in [6.07, 6.45) is 1.10. The zero-order chi connectivity index (χ0) is 21.8. The molecule has 0 aliphatic carbocycles. The van der Waals surface area contributed by atoms with Crippen LogP contribution < -0.4 is 25.6 Å². The maximum Gasteiger partial charge on any atom is 0.355 e. The molecular weight excluding hydrogens is 411 g/mol. The fraction of sp³-hybridized carbons (Fsp3) is 0.105. The molecule has 11 nitrogen and oxygen atoms in total. The van der Waals surface area contributed by atoms with E-state index in [4.69, 9.17) is 9.47 Å². The third kappa shape index (κ3) is 4.42. The molecule has 0 unspecified atom stereocenters. The van der Waals surface area contributed by atoms with Crippen molar-refractivity contribution >= 4 is 28.9 Å². The first-order chi connectivity index (χ1) is 15.0. The molecule has 4 rings (SSSR count). The van der Waals surface area contributed by atoms with Crippen molar-refractivity contribution in [3.05, 3.63) is 70.3 Å². The largest absolute Gasteiger partial charge is 0.486 e. The van der Waals surface area contributed by atoms with Gasteiger partial charge in [-0.1, -0.05) is 0 Å². The van der Waals surface area contributed by atoms with Crippen LogP contribution in [0.1, 0.15) is 10.4 Å². The van der Waals surface area contributed by atoms with Gasteiger partial charge >= 0.3 is 5.69 Å². The van der Waals surface area contributed by atoms with Crippen LogP contribution >= 0.6 is 0 Å². The Morgan fingerprint density at radius 2 is 1.74 bits per heavy atom. The molecule has 158 valence electrons. The summed E-state index contributed by atoms with van der Waals surface area (Å²) >= 11 is 0. The van der Waals surface area contributed by atoms with Gasteiger partial charge in [0, 0.05) is 17.3 Å². The fourth-order valence-corrected chi connectivity index (χ4v) is 2.78. The van der Waals surface area contributed by atoms with Crippen LogP contribution in [0.15, 0.2) is 48.8 Å². The Morgan fingerprint density at radius 3 is 2.48 bits per heavy atom. The van der Waals surface area contributed by atoms with Gasteiger partial charge in [-0.05, 0) is 36.4 Å². The van der Waals surface area contributed by atoms with Crippen LogP contribution in [0.5, 0.6) is 11.5 Å². The number of aromatic nitrogens is 2. The molecule has 1 amide bonds. The van der Waals surface area contributed by atoms with E-state index in [1.165, 1.54) is 12.1 Å². The van der Waals surface area contributed by atoms with E-state index in [1.807, 2.05) is 0 Å². The monoisotopic (exact) mass is 426 g/mol. The van der Waals surface area contributed by atoms with Crippen LogP contribution in [-0.4, -0.2) is 34.0 Å². The van der Waals surface area contributed by atoms with Crippen molar-refractivity contribution in [2.45, 2.75) is 0 Å². The van der Waals surface area contributed by atoms with Crippen molar-refractivity contribution in [3.63, 3.8) is 0 Å². The van der Waals surface area contributed by atoms with Crippen LogP contribution in [0.25, 0.3) is 0 Å². The highest BCUT2D eigenvalue weighted by Gasteiger charge is 2.24. The van der Waals surface area contributed by atoms with Crippen molar-refractivity contribution in [2.24, 2.45) is 0 Å². The van der Waals surface area contributed by atoms with E-state index in [1.54, 1.807) is 18.2 Å². The number of hydrazine groups is 1. The number of fused-ring (bicyclic) bond motifs is 1. The molecule has 0 fully saturated rings. The molecule has 1 aliphatic heterocycles. The van der Waals surface area contributed by atoms with E-state index in [0.717, 1.165) is 18.5 Å². The van der Waals surface area contributed by atoms with E-state index in [9.17, 15) is 19.3 Å². The van der Waals surface area contributed by atoms with Crippen molar-refractivity contribution in [3.8, 4) is 11.5 Å². The van der Waals surface area contributed by atoms with Gasteiger partial charge in [0.2, 0.25) is 11.6 Å². The molecule has 31 heavy (non-hydrogen) atoms. The van der Waals surface area contributed by atoms with Gasteiger partial charge in [0.05, 0.1) is 4.92 Å². The van der Waals surface area contributed by atoms with Crippen molar-refractivity contribution in [1.82, 2.24) is 15.4 Å². The first kappa shape index (κ1) is 19.8.